The van der Waals surface area contributed by atoms with Crippen molar-refractivity contribution in [3.05, 3.63) is 64.2 Å². The number of fused-ring (bicyclic) bond motifs is 1. The predicted octanol–water partition coefficient (Wildman–Crippen LogP) is 4.86. The van der Waals surface area contributed by atoms with Gasteiger partial charge in [0.25, 0.3) is 5.91 Å². The molecule has 0 radical (unpaired) electrons. The number of ether oxygens (including phenoxy) is 1. The molecule has 3 nitrogen and oxygen atoms in total. The zero-order valence-corrected chi connectivity index (χ0v) is 15.5. The first-order valence-corrected chi connectivity index (χ1v) is 9.25. The number of benzene rings is 2. The minimum absolute atomic E-state index is 0.0508. The second kappa shape index (κ2) is 7.92. The summed E-state index contributed by atoms with van der Waals surface area (Å²) in [5.74, 6) is 0.460. The molecular formula is C21H24ClNO2. The Morgan fingerprint density at radius 3 is 2.60 bits per heavy atom. The van der Waals surface area contributed by atoms with Gasteiger partial charge in [-0.1, -0.05) is 35.9 Å². The van der Waals surface area contributed by atoms with E-state index in [0.717, 1.165) is 12.0 Å². The first-order chi connectivity index (χ1) is 12.0. The van der Waals surface area contributed by atoms with E-state index in [2.05, 4.69) is 23.5 Å². The molecule has 0 fully saturated rings. The Bertz CT molecular complexity index is 759. The highest BCUT2D eigenvalue weighted by Gasteiger charge is 2.19. The van der Waals surface area contributed by atoms with E-state index in [1.54, 1.807) is 31.2 Å². The van der Waals surface area contributed by atoms with E-state index in [0.29, 0.717) is 10.8 Å². The number of nitrogens with one attached hydrogen (secondary N) is 1. The molecule has 0 unspecified atom stereocenters. The summed E-state index contributed by atoms with van der Waals surface area (Å²) >= 11 is 5.95. The Labute approximate surface area is 154 Å². The number of carbonyl (C=O) groups excluding carboxylic acids is 1. The van der Waals surface area contributed by atoms with Crippen molar-refractivity contribution in [2.45, 2.75) is 51.7 Å². The molecular weight excluding hydrogens is 334 g/mol. The van der Waals surface area contributed by atoms with Gasteiger partial charge in [-0.05, 0) is 74.4 Å². The zero-order chi connectivity index (χ0) is 17.8. The van der Waals surface area contributed by atoms with Crippen molar-refractivity contribution in [3.8, 4) is 5.75 Å². The largest absolute Gasteiger partial charge is 0.481 e. The van der Waals surface area contributed by atoms with Crippen molar-refractivity contribution >= 4 is 17.5 Å². The van der Waals surface area contributed by atoms with Gasteiger partial charge in [-0.3, -0.25) is 4.79 Å². The van der Waals surface area contributed by atoms with Gasteiger partial charge < -0.3 is 10.1 Å². The van der Waals surface area contributed by atoms with Crippen LogP contribution in [-0.2, 0) is 17.6 Å². The van der Waals surface area contributed by atoms with Gasteiger partial charge in [0.05, 0.1) is 6.04 Å². The topological polar surface area (TPSA) is 38.3 Å². The first-order valence-electron chi connectivity index (χ1n) is 8.87. The molecule has 1 aliphatic rings. The molecule has 1 amide bonds. The lowest BCUT2D eigenvalue weighted by atomic mass is 9.89. The number of carbonyl (C=O) groups is 1. The molecule has 0 saturated heterocycles. The number of aryl methyl sites for hydroxylation is 2. The molecule has 25 heavy (non-hydrogen) atoms. The van der Waals surface area contributed by atoms with Gasteiger partial charge in [-0.15, -0.1) is 0 Å². The van der Waals surface area contributed by atoms with Crippen LogP contribution >= 0.6 is 11.6 Å². The van der Waals surface area contributed by atoms with Gasteiger partial charge in [-0.2, -0.15) is 0 Å². The van der Waals surface area contributed by atoms with Gasteiger partial charge in [0.1, 0.15) is 5.75 Å². The summed E-state index contributed by atoms with van der Waals surface area (Å²) in [6, 6.07) is 13.6. The quantitative estimate of drug-likeness (QED) is 0.829. The maximum atomic E-state index is 12.4. The van der Waals surface area contributed by atoms with E-state index in [-0.39, 0.29) is 11.9 Å². The summed E-state index contributed by atoms with van der Waals surface area (Å²) < 4.78 is 5.69. The average molecular weight is 358 g/mol. The van der Waals surface area contributed by atoms with Gasteiger partial charge in [0.15, 0.2) is 6.10 Å². The van der Waals surface area contributed by atoms with Crippen LogP contribution in [0.25, 0.3) is 0 Å². The van der Waals surface area contributed by atoms with Crippen LogP contribution in [0.1, 0.15) is 49.4 Å². The number of hydrogen-bond donors (Lipinski definition) is 1. The minimum Gasteiger partial charge on any atom is -0.481 e. The first kappa shape index (κ1) is 17.8. The summed E-state index contributed by atoms with van der Waals surface area (Å²) in [7, 11) is 0. The average Bonchev–Trinajstić information content (AvgIpc) is 2.61. The second-order valence-corrected chi connectivity index (χ2v) is 7.12. The fourth-order valence-corrected chi connectivity index (χ4v) is 3.42. The highest BCUT2D eigenvalue weighted by molar-refractivity contribution is 6.30. The van der Waals surface area contributed by atoms with Crippen molar-refractivity contribution in [2.75, 3.05) is 0 Å². The van der Waals surface area contributed by atoms with Crippen molar-refractivity contribution in [1.29, 1.82) is 0 Å². The van der Waals surface area contributed by atoms with Crippen LogP contribution in [0.5, 0.6) is 5.75 Å². The van der Waals surface area contributed by atoms with E-state index < -0.39 is 6.10 Å². The van der Waals surface area contributed by atoms with Crippen LogP contribution in [0.4, 0.5) is 0 Å². The zero-order valence-electron chi connectivity index (χ0n) is 14.7. The molecule has 2 aromatic carbocycles. The number of hydrogen-bond acceptors (Lipinski definition) is 2. The third kappa shape index (κ3) is 4.55. The third-order valence-corrected chi connectivity index (χ3v) is 4.94. The Kier molecular flexibility index (Phi) is 5.64. The van der Waals surface area contributed by atoms with E-state index in [1.165, 1.54) is 30.4 Å². The molecule has 3 rings (SSSR count). The summed E-state index contributed by atoms with van der Waals surface area (Å²) in [5.41, 5.74) is 4.02. The summed E-state index contributed by atoms with van der Waals surface area (Å²) in [4.78, 5) is 12.4. The van der Waals surface area contributed by atoms with Crippen LogP contribution in [0.2, 0.25) is 5.02 Å². The van der Waals surface area contributed by atoms with Crippen LogP contribution < -0.4 is 10.1 Å². The van der Waals surface area contributed by atoms with E-state index in [9.17, 15) is 4.79 Å². The minimum atomic E-state index is -0.585. The van der Waals surface area contributed by atoms with E-state index in [4.69, 9.17) is 16.3 Å². The van der Waals surface area contributed by atoms with Crippen molar-refractivity contribution in [2.24, 2.45) is 0 Å². The molecule has 0 bridgehead atoms. The molecule has 0 heterocycles. The fraction of sp³-hybridized carbons (Fsp3) is 0.381. The molecule has 0 saturated carbocycles. The molecule has 4 heteroatoms. The monoisotopic (exact) mass is 357 g/mol. The molecule has 1 aliphatic carbocycles. The summed E-state index contributed by atoms with van der Waals surface area (Å²) in [5, 5.41) is 3.63. The lowest BCUT2D eigenvalue weighted by Crippen LogP contribution is -2.37. The van der Waals surface area contributed by atoms with Crippen molar-refractivity contribution in [1.82, 2.24) is 5.32 Å². The van der Waals surface area contributed by atoms with Crippen LogP contribution in [0, 0.1) is 0 Å². The van der Waals surface area contributed by atoms with Crippen LogP contribution in [-0.4, -0.2) is 12.0 Å². The normalized spacial score (nSPS) is 15.8. The molecule has 2 aromatic rings. The summed E-state index contributed by atoms with van der Waals surface area (Å²) in [6.45, 7) is 3.75. The fourth-order valence-electron chi connectivity index (χ4n) is 3.23. The molecule has 0 aliphatic heterocycles. The van der Waals surface area contributed by atoms with Crippen molar-refractivity contribution in [3.63, 3.8) is 0 Å². The SMILES string of the molecule is C[C@H](Oc1cccc(Cl)c1)C(=O)N[C@H](C)c1ccc2c(c1)CCCC2. The summed E-state index contributed by atoms with van der Waals surface area (Å²) in [6.07, 6.45) is 4.25. The Balaban J connectivity index is 1.61. The second-order valence-electron chi connectivity index (χ2n) is 6.68. The van der Waals surface area contributed by atoms with Gasteiger partial charge >= 0.3 is 0 Å². The highest BCUT2D eigenvalue weighted by Crippen LogP contribution is 2.25. The molecule has 0 aromatic heterocycles. The number of halogens is 1. The molecule has 1 N–H and O–H groups in total. The van der Waals surface area contributed by atoms with Crippen LogP contribution in [0.3, 0.4) is 0 Å². The van der Waals surface area contributed by atoms with Gasteiger partial charge in [0.2, 0.25) is 0 Å². The Morgan fingerprint density at radius 2 is 1.84 bits per heavy atom. The Morgan fingerprint density at radius 1 is 1.08 bits per heavy atom. The maximum absolute atomic E-state index is 12.4. The predicted molar refractivity (Wildman–Crippen MR) is 101 cm³/mol. The smallest absolute Gasteiger partial charge is 0.261 e. The maximum Gasteiger partial charge on any atom is 0.261 e. The molecule has 132 valence electrons. The molecule has 2 atom stereocenters. The van der Waals surface area contributed by atoms with Crippen LogP contribution in [0.15, 0.2) is 42.5 Å². The standard InChI is InChI=1S/C21H24ClNO2/c1-14(17-11-10-16-6-3-4-7-18(16)12-17)23-21(24)15(2)25-20-9-5-8-19(22)13-20/h5,8-15H,3-4,6-7H2,1-2H3,(H,23,24)/t14-,15+/m1/s1. The number of rotatable bonds is 5. The van der Waals surface area contributed by atoms with Gasteiger partial charge in [0, 0.05) is 5.02 Å². The van der Waals surface area contributed by atoms with Gasteiger partial charge in [-0.25, -0.2) is 0 Å². The van der Waals surface area contributed by atoms with E-state index in [1.807, 2.05) is 6.92 Å². The van der Waals surface area contributed by atoms with E-state index >= 15 is 0 Å². The third-order valence-electron chi connectivity index (χ3n) is 4.71. The lowest BCUT2D eigenvalue weighted by Gasteiger charge is -2.21. The van der Waals surface area contributed by atoms with Crippen molar-refractivity contribution < 1.29 is 9.53 Å². The molecule has 0 spiro atoms. The highest BCUT2D eigenvalue weighted by atomic mass is 35.5. The lowest BCUT2D eigenvalue weighted by molar-refractivity contribution is -0.127. The Hall–Kier alpha value is -2.00. The number of amides is 1.